The van der Waals surface area contributed by atoms with Gasteiger partial charge in [-0.15, -0.1) is 0 Å². The highest BCUT2D eigenvalue weighted by Crippen LogP contribution is 2.36. The van der Waals surface area contributed by atoms with Crippen molar-refractivity contribution >= 4 is 75.4 Å². The molecule has 0 saturated carbocycles. The number of imide groups is 2. The Labute approximate surface area is 189 Å². The van der Waals surface area contributed by atoms with E-state index in [1.54, 1.807) is 13.0 Å². The summed E-state index contributed by atoms with van der Waals surface area (Å²) in [5.74, 6) is -1.54. The van der Waals surface area contributed by atoms with E-state index in [1.807, 2.05) is 22.6 Å². The Balaban J connectivity index is 2.08. The molecule has 7 nitrogen and oxygen atoms in total. The molecule has 150 valence electrons. The molecule has 0 bridgehead atoms. The number of carbonyl (C=O) groups excluding carboxylic acids is 3. The van der Waals surface area contributed by atoms with E-state index in [2.05, 4.69) is 5.32 Å². The maximum Gasteiger partial charge on any atom is 0.336 e. The summed E-state index contributed by atoms with van der Waals surface area (Å²) in [7, 11) is 0. The third kappa shape index (κ3) is 4.19. The lowest BCUT2D eigenvalue weighted by Gasteiger charge is -2.27. The van der Waals surface area contributed by atoms with Crippen molar-refractivity contribution in [3.8, 4) is 11.5 Å². The van der Waals surface area contributed by atoms with Gasteiger partial charge in [-0.05, 0) is 65.4 Å². The Kier molecular flexibility index (Phi) is 6.35. The number of hydrogen-bond acceptors (Lipinski definition) is 5. The fraction of sp³-hybridized carbons (Fsp3) is 0.105. The second-order valence-electron chi connectivity index (χ2n) is 5.81. The van der Waals surface area contributed by atoms with Gasteiger partial charge in [-0.2, -0.15) is 0 Å². The van der Waals surface area contributed by atoms with E-state index in [0.717, 1.165) is 4.90 Å². The number of carbonyl (C=O) groups is 3. The van der Waals surface area contributed by atoms with Gasteiger partial charge < -0.3 is 9.84 Å². The number of anilines is 1. The molecule has 1 aliphatic heterocycles. The highest BCUT2D eigenvalue weighted by atomic mass is 127. The first-order chi connectivity index (χ1) is 13.7. The summed E-state index contributed by atoms with van der Waals surface area (Å²) in [4.78, 5) is 38.3. The number of hydrogen-bond donors (Lipinski definition) is 2. The zero-order valence-electron chi connectivity index (χ0n) is 14.8. The van der Waals surface area contributed by atoms with E-state index in [4.69, 9.17) is 27.9 Å². The van der Waals surface area contributed by atoms with Crippen LogP contribution in [0.2, 0.25) is 10.0 Å². The number of rotatable bonds is 4. The van der Waals surface area contributed by atoms with Crippen LogP contribution in [0.15, 0.2) is 35.9 Å². The molecule has 1 saturated heterocycles. The molecule has 2 aromatic rings. The summed E-state index contributed by atoms with van der Waals surface area (Å²) in [6.45, 7) is 2.08. The zero-order valence-corrected chi connectivity index (χ0v) is 18.5. The largest absolute Gasteiger partial charge is 0.504 e. The van der Waals surface area contributed by atoms with E-state index in [9.17, 15) is 19.5 Å². The van der Waals surface area contributed by atoms with Crippen molar-refractivity contribution in [2.24, 2.45) is 0 Å². The van der Waals surface area contributed by atoms with Crippen LogP contribution in [0, 0.1) is 3.57 Å². The van der Waals surface area contributed by atoms with Gasteiger partial charge in [0.1, 0.15) is 5.57 Å². The lowest BCUT2D eigenvalue weighted by molar-refractivity contribution is -0.122. The lowest BCUT2D eigenvalue weighted by Crippen LogP contribution is -2.54. The lowest BCUT2D eigenvalue weighted by atomic mass is 10.1. The summed E-state index contributed by atoms with van der Waals surface area (Å²) in [5.41, 5.74) is 0.195. The Hall–Kier alpha value is -2.30. The maximum absolute atomic E-state index is 13.0. The molecule has 0 spiro atoms. The van der Waals surface area contributed by atoms with Crippen LogP contribution in [0.3, 0.4) is 0 Å². The van der Waals surface area contributed by atoms with Crippen LogP contribution in [-0.2, 0) is 9.59 Å². The minimum Gasteiger partial charge on any atom is -0.504 e. The normalized spacial score (nSPS) is 15.7. The summed E-state index contributed by atoms with van der Waals surface area (Å²) >= 11 is 14.0. The van der Waals surface area contributed by atoms with Gasteiger partial charge in [-0.25, -0.2) is 9.69 Å². The van der Waals surface area contributed by atoms with Crippen molar-refractivity contribution in [2.75, 3.05) is 11.5 Å². The van der Waals surface area contributed by atoms with Gasteiger partial charge >= 0.3 is 6.03 Å². The SMILES string of the molecule is CCOc1cc(/C=C2\C(=O)NC(=O)N(c3cccc(Cl)c3Cl)C2=O)cc(I)c1O. The van der Waals surface area contributed by atoms with Crippen molar-refractivity contribution in [1.29, 1.82) is 0 Å². The molecule has 0 aliphatic carbocycles. The van der Waals surface area contributed by atoms with Gasteiger partial charge in [0.25, 0.3) is 11.8 Å². The average molecular weight is 547 g/mol. The maximum atomic E-state index is 13.0. The first-order valence-electron chi connectivity index (χ1n) is 8.25. The van der Waals surface area contributed by atoms with Gasteiger partial charge in [0, 0.05) is 0 Å². The topological polar surface area (TPSA) is 95.9 Å². The predicted octanol–water partition coefficient (Wildman–Crippen LogP) is 4.37. The second kappa shape index (κ2) is 8.60. The summed E-state index contributed by atoms with van der Waals surface area (Å²) < 4.78 is 5.84. The molecule has 4 amide bonds. The summed E-state index contributed by atoms with van der Waals surface area (Å²) in [5, 5.41) is 12.3. The quantitative estimate of drug-likeness (QED) is 0.337. The molecule has 0 atom stereocenters. The van der Waals surface area contributed by atoms with E-state index >= 15 is 0 Å². The molecule has 1 fully saturated rings. The van der Waals surface area contributed by atoms with Crippen LogP contribution in [0.1, 0.15) is 12.5 Å². The van der Waals surface area contributed by atoms with Crippen molar-refractivity contribution in [1.82, 2.24) is 5.32 Å². The molecular weight excluding hydrogens is 534 g/mol. The van der Waals surface area contributed by atoms with Gasteiger partial charge in [-0.1, -0.05) is 29.3 Å². The molecular formula is C19H13Cl2IN2O5. The van der Waals surface area contributed by atoms with Crippen molar-refractivity contribution < 1.29 is 24.2 Å². The molecule has 3 rings (SSSR count). The first-order valence-corrected chi connectivity index (χ1v) is 10.1. The third-order valence-electron chi connectivity index (χ3n) is 3.94. The molecule has 0 aromatic heterocycles. The van der Waals surface area contributed by atoms with Crippen LogP contribution >= 0.6 is 45.8 Å². The molecule has 1 heterocycles. The number of ether oxygens (including phenoxy) is 1. The standard InChI is InChI=1S/C19H13Cl2IN2O5/c1-2-29-14-8-9(7-12(22)16(14)25)6-10-17(26)23-19(28)24(18(10)27)13-5-3-4-11(20)15(13)21/h3-8,25H,2H2,1H3,(H,23,26,28)/b10-6+. The molecule has 0 radical (unpaired) electrons. The number of phenolic OH excluding ortho intramolecular Hbond substituents is 1. The van der Waals surface area contributed by atoms with Gasteiger partial charge in [-0.3, -0.25) is 14.9 Å². The van der Waals surface area contributed by atoms with Crippen LogP contribution in [0.4, 0.5) is 10.5 Å². The van der Waals surface area contributed by atoms with Crippen molar-refractivity contribution in [2.45, 2.75) is 6.92 Å². The summed E-state index contributed by atoms with van der Waals surface area (Å²) in [6, 6.07) is 6.60. The first kappa shape index (κ1) is 21.4. The Bertz CT molecular complexity index is 1070. The highest BCUT2D eigenvalue weighted by molar-refractivity contribution is 14.1. The molecule has 29 heavy (non-hydrogen) atoms. The number of urea groups is 1. The van der Waals surface area contributed by atoms with Crippen LogP contribution in [0.25, 0.3) is 6.08 Å². The predicted molar refractivity (Wildman–Crippen MR) is 117 cm³/mol. The summed E-state index contributed by atoms with van der Waals surface area (Å²) in [6.07, 6.45) is 1.31. The molecule has 10 heteroatoms. The monoisotopic (exact) mass is 546 g/mol. The number of nitrogens with one attached hydrogen (secondary N) is 1. The van der Waals surface area contributed by atoms with Crippen LogP contribution < -0.4 is 15.0 Å². The van der Waals surface area contributed by atoms with E-state index in [0.29, 0.717) is 15.7 Å². The van der Waals surface area contributed by atoms with Crippen molar-refractivity contribution in [3.63, 3.8) is 0 Å². The van der Waals surface area contributed by atoms with Gasteiger partial charge in [0.15, 0.2) is 11.5 Å². The number of aromatic hydroxyl groups is 1. The number of nitrogens with zero attached hydrogens (tertiary/aromatic N) is 1. The molecule has 2 N–H and O–H groups in total. The van der Waals surface area contributed by atoms with Crippen molar-refractivity contribution in [3.05, 3.63) is 55.1 Å². The zero-order chi connectivity index (χ0) is 21.3. The molecule has 1 aliphatic rings. The second-order valence-corrected chi connectivity index (χ2v) is 7.76. The fourth-order valence-corrected chi connectivity index (χ4v) is 3.66. The molecule has 2 aromatic carbocycles. The smallest absolute Gasteiger partial charge is 0.336 e. The minimum absolute atomic E-state index is 0.00387. The number of benzene rings is 2. The Morgan fingerprint density at radius 1 is 1.24 bits per heavy atom. The van der Waals surface area contributed by atoms with Gasteiger partial charge in [0.05, 0.1) is 25.9 Å². The number of phenols is 1. The van der Waals surface area contributed by atoms with Crippen LogP contribution in [0.5, 0.6) is 11.5 Å². The highest BCUT2D eigenvalue weighted by Gasteiger charge is 2.38. The Morgan fingerprint density at radius 3 is 2.66 bits per heavy atom. The van der Waals surface area contributed by atoms with Gasteiger partial charge in [0.2, 0.25) is 0 Å². The number of barbiturate groups is 1. The van der Waals surface area contributed by atoms with E-state index < -0.39 is 17.8 Å². The number of halogens is 3. The fourth-order valence-electron chi connectivity index (χ4n) is 2.65. The molecule has 0 unspecified atom stereocenters. The van der Waals surface area contributed by atoms with E-state index in [-0.39, 0.29) is 32.8 Å². The number of amides is 4. The minimum atomic E-state index is -0.934. The Morgan fingerprint density at radius 2 is 1.97 bits per heavy atom. The van der Waals surface area contributed by atoms with E-state index in [1.165, 1.54) is 30.3 Å². The average Bonchev–Trinajstić information content (AvgIpc) is 2.66. The third-order valence-corrected chi connectivity index (χ3v) is 5.57. The van der Waals surface area contributed by atoms with Crippen LogP contribution in [-0.4, -0.2) is 29.6 Å².